The van der Waals surface area contributed by atoms with Crippen LogP contribution in [0.5, 0.6) is 0 Å². The lowest BCUT2D eigenvalue weighted by atomic mass is 9.92. The van der Waals surface area contributed by atoms with E-state index in [2.05, 4.69) is 10.3 Å². The Morgan fingerprint density at radius 1 is 1.32 bits per heavy atom. The Morgan fingerprint density at radius 3 is 2.96 bits per heavy atom. The molecule has 2 heterocycles. The van der Waals surface area contributed by atoms with Gasteiger partial charge < -0.3 is 19.9 Å². The number of ether oxygens (including phenoxy) is 1. The molecule has 0 spiro atoms. The molecule has 2 N–H and O–H groups in total. The zero-order chi connectivity index (χ0) is 17.8. The van der Waals surface area contributed by atoms with Crippen LogP contribution in [0, 0.1) is 5.92 Å². The van der Waals surface area contributed by atoms with Crippen molar-refractivity contribution in [1.29, 1.82) is 0 Å². The summed E-state index contributed by atoms with van der Waals surface area (Å²) < 4.78 is 4.96. The van der Waals surface area contributed by atoms with Crippen LogP contribution in [-0.2, 0) is 9.53 Å². The minimum Gasteiger partial charge on any atom is -0.383 e. The number of methoxy groups -OCH3 is 1. The van der Waals surface area contributed by atoms with Crippen LogP contribution in [0.1, 0.15) is 30.1 Å². The summed E-state index contributed by atoms with van der Waals surface area (Å²) in [5.74, 6) is -0.186. The van der Waals surface area contributed by atoms with Gasteiger partial charge in [-0.1, -0.05) is 12.1 Å². The van der Waals surface area contributed by atoms with E-state index >= 15 is 0 Å². The van der Waals surface area contributed by atoms with Crippen molar-refractivity contribution in [3.05, 3.63) is 36.0 Å². The third-order valence-electron chi connectivity index (χ3n) is 4.94. The predicted molar refractivity (Wildman–Crippen MR) is 96.4 cm³/mol. The number of para-hydroxylation sites is 1. The van der Waals surface area contributed by atoms with Crippen molar-refractivity contribution in [2.24, 2.45) is 5.92 Å². The number of carbonyl (C=O) groups is 2. The second-order valence-corrected chi connectivity index (χ2v) is 6.61. The molecule has 134 valence electrons. The molecule has 6 nitrogen and oxygen atoms in total. The number of carbonyl (C=O) groups excluding carboxylic acids is 2. The maximum absolute atomic E-state index is 13.1. The predicted octanol–water partition coefficient (Wildman–Crippen LogP) is 2.17. The Morgan fingerprint density at radius 2 is 2.16 bits per heavy atom. The van der Waals surface area contributed by atoms with Crippen molar-refractivity contribution in [1.82, 2.24) is 15.2 Å². The Bertz CT molecular complexity index is 755. The lowest BCUT2D eigenvalue weighted by Crippen LogP contribution is -2.49. The number of aromatic nitrogens is 1. The Labute approximate surface area is 147 Å². The molecule has 1 aromatic heterocycles. The van der Waals surface area contributed by atoms with Crippen molar-refractivity contribution in [2.75, 3.05) is 26.8 Å². The van der Waals surface area contributed by atoms with Crippen LogP contribution in [0.2, 0.25) is 0 Å². The van der Waals surface area contributed by atoms with E-state index in [0.29, 0.717) is 25.3 Å². The number of amides is 2. The molecule has 0 saturated carbocycles. The average Bonchev–Trinajstić information content (AvgIpc) is 3.10. The van der Waals surface area contributed by atoms with Crippen LogP contribution in [0.15, 0.2) is 30.5 Å². The molecule has 0 aliphatic carbocycles. The van der Waals surface area contributed by atoms with Crippen molar-refractivity contribution >= 4 is 22.7 Å². The first-order chi connectivity index (χ1) is 12.1. The van der Waals surface area contributed by atoms with E-state index in [-0.39, 0.29) is 23.8 Å². The largest absolute Gasteiger partial charge is 0.383 e. The van der Waals surface area contributed by atoms with E-state index < -0.39 is 0 Å². The Kier molecular flexibility index (Phi) is 5.38. The van der Waals surface area contributed by atoms with Crippen LogP contribution in [-0.4, -0.2) is 54.5 Å². The van der Waals surface area contributed by atoms with Gasteiger partial charge in [-0.25, -0.2) is 0 Å². The molecule has 1 aliphatic heterocycles. The second-order valence-electron chi connectivity index (χ2n) is 6.61. The van der Waals surface area contributed by atoms with E-state index in [1.54, 1.807) is 7.11 Å². The number of piperidine rings is 1. The molecule has 1 saturated heterocycles. The molecule has 25 heavy (non-hydrogen) atoms. The van der Waals surface area contributed by atoms with Crippen molar-refractivity contribution in [3.8, 4) is 0 Å². The molecule has 0 radical (unpaired) electrons. The summed E-state index contributed by atoms with van der Waals surface area (Å²) in [6.07, 6.45) is 3.47. The minimum absolute atomic E-state index is 0.000155. The lowest BCUT2D eigenvalue weighted by Gasteiger charge is -2.37. The number of nitrogens with one attached hydrogen (secondary N) is 2. The zero-order valence-corrected chi connectivity index (χ0v) is 14.7. The Hall–Kier alpha value is -2.34. The summed E-state index contributed by atoms with van der Waals surface area (Å²) in [7, 11) is 1.61. The topological polar surface area (TPSA) is 74.4 Å². The van der Waals surface area contributed by atoms with Gasteiger partial charge in [0.15, 0.2) is 0 Å². The van der Waals surface area contributed by atoms with Gasteiger partial charge in [-0.05, 0) is 31.9 Å². The highest BCUT2D eigenvalue weighted by Crippen LogP contribution is 2.26. The number of hydrogen-bond acceptors (Lipinski definition) is 3. The van der Waals surface area contributed by atoms with E-state index in [9.17, 15) is 9.59 Å². The minimum atomic E-state index is -0.167. The highest BCUT2D eigenvalue weighted by atomic mass is 16.5. The number of fused-ring (bicyclic) bond motifs is 1. The van der Waals surface area contributed by atoms with Gasteiger partial charge in [-0.15, -0.1) is 0 Å². The normalized spacial score (nSPS) is 20.6. The fourth-order valence-electron chi connectivity index (χ4n) is 3.44. The van der Waals surface area contributed by atoms with Gasteiger partial charge >= 0.3 is 0 Å². The summed E-state index contributed by atoms with van der Waals surface area (Å²) in [4.78, 5) is 30.4. The highest BCUT2D eigenvalue weighted by Gasteiger charge is 2.33. The average molecular weight is 343 g/mol. The van der Waals surface area contributed by atoms with E-state index in [0.717, 1.165) is 23.7 Å². The molecule has 3 rings (SSSR count). The molecule has 1 fully saturated rings. The molecular weight excluding hydrogens is 318 g/mol. The number of benzene rings is 1. The molecule has 1 aliphatic rings. The van der Waals surface area contributed by atoms with Crippen LogP contribution in [0.4, 0.5) is 0 Å². The zero-order valence-electron chi connectivity index (χ0n) is 14.7. The first-order valence-electron chi connectivity index (χ1n) is 8.75. The second kappa shape index (κ2) is 7.70. The molecule has 2 atom stereocenters. The maximum atomic E-state index is 13.1. The fraction of sp³-hybridized carbons (Fsp3) is 0.474. The molecule has 0 bridgehead atoms. The first-order valence-corrected chi connectivity index (χ1v) is 8.75. The SMILES string of the molecule is COCCNC(=O)[C@@H]1CC[C@H](C)N(C(=O)c2cccc3cc[nH]c23)C1. The number of rotatable bonds is 5. The number of likely N-dealkylation sites (tertiary alicyclic amines) is 1. The van der Waals surface area contributed by atoms with E-state index in [1.807, 2.05) is 42.3 Å². The molecule has 6 heteroatoms. The van der Waals surface area contributed by atoms with Crippen LogP contribution in [0.25, 0.3) is 10.9 Å². The molecule has 0 unspecified atom stereocenters. The third kappa shape index (κ3) is 3.69. The van der Waals surface area contributed by atoms with Crippen molar-refractivity contribution in [2.45, 2.75) is 25.8 Å². The quantitative estimate of drug-likeness (QED) is 0.817. The molecular formula is C19H25N3O3. The molecule has 1 aromatic carbocycles. The van der Waals surface area contributed by atoms with E-state index in [1.165, 1.54) is 0 Å². The highest BCUT2D eigenvalue weighted by molar-refractivity contribution is 6.06. The number of aromatic amines is 1. The molecule has 2 aromatic rings. The van der Waals surface area contributed by atoms with Gasteiger partial charge in [-0.2, -0.15) is 0 Å². The summed E-state index contributed by atoms with van der Waals surface area (Å²) in [6, 6.07) is 7.80. The van der Waals surface area contributed by atoms with Gasteiger partial charge in [0.05, 0.1) is 23.6 Å². The van der Waals surface area contributed by atoms with E-state index in [4.69, 9.17) is 4.74 Å². The van der Waals surface area contributed by atoms with Crippen LogP contribution >= 0.6 is 0 Å². The summed E-state index contributed by atoms with van der Waals surface area (Å²) >= 11 is 0. The summed E-state index contributed by atoms with van der Waals surface area (Å²) in [5.41, 5.74) is 1.51. The van der Waals surface area contributed by atoms with Crippen molar-refractivity contribution in [3.63, 3.8) is 0 Å². The van der Waals surface area contributed by atoms with Gasteiger partial charge in [0.2, 0.25) is 5.91 Å². The fourth-order valence-corrected chi connectivity index (χ4v) is 3.44. The van der Waals surface area contributed by atoms with Gasteiger partial charge in [-0.3, -0.25) is 9.59 Å². The van der Waals surface area contributed by atoms with Crippen LogP contribution < -0.4 is 5.32 Å². The summed E-state index contributed by atoms with van der Waals surface area (Å²) in [6.45, 7) is 3.49. The third-order valence-corrected chi connectivity index (χ3v) is 4.94. The van der Waals surface area contributed by atoms with Crippen molar-refractivity contribution < 1.29 is 14.3 Å². The van der Waals surface area contributed by atoms with Gasteiger partial charge in [0.25, 0.3) is 5.91 Å². The standard InChI is InChI=1S/C19H25N3O3/c1-13-6-7-15(18(23)21-10-11-25-2)12-22(13)19(24)16-5-3-4-14-8-9-20-17(14)16/h3-5,8-9,13,15,20H,6-7,10-12H2,1-2H3,(H,21,23)/t13-,15+/m0/s1. The van der Waals surface area contributed by atoms with Crippen LogP contribution in [0.3, 0.4) is 0 Å². The Balaban J connectivity index is 1.74. The monoisotopic (exact) mass is 343 g/mol. The number of H-pyrrole nitrogens is 1. The smallest absolute Gasteiger partial charge is 0.256 e. The maximum Gasteiger partial charge on any atom is 0.256 e. The lowest BCUT2D eigenvalue weighted by molar-refractivity contribution is -0.126. The van der Waals surface area contributed by atoms with Gasteiger partial charge in [0, 0.05) is 37.8 Å². The number of hydrogen-bond donors (Lipinski definition) is 2. The number of nitrogens with zero attached hydrogens (tertiary/aromatic N) is 1. The molecule has 2 amide bonds. The first kappa shape index (κ1) is 17.5. The summed E-state index contributed by atoms with van der Waals surface area (Å²) in [5, 5.41) is 3.90. The van der Waals surface area contributed by atoms with Gasteiger partial charge in [0.1, 0.15) is 0 Å².